The van der Waals surface area contributed by atoms with E-state index in [-0.39, 0.29) is 0 Å². The van der Waals surface area contributed by atoms with Crippen LogP contribution in [-0.2, 0) is 9.53 Å². The summed E-state index contributed by atoms with van der Waals surface area (Å²) in [5, 5.41) is 0. The van der Waals surface area contributed by atoms with Gasteiger partial charge in [0.1, 0.15) is 0 Å². The van der Waals surface area contributed by atoms with Crippen LogP contribution in [0.2, 0.25) is 0 Å². The van der Waals surface area contributed by atoms with Crippen molar-refractivity contribution >= 4 is 11.7 Å². The van der Waals surface area contributed by atoms with Crippen molar-refractivity contribution in [3.63, 3.8) is 0 Å². The number of aliphatic imine (C=N–C) groups is 1. The molecule has 1 saturated carbocycles. The second kappa shape index (κ2) is 10.9. The summed E-state index contributed by atoms with van der Waals surface area (Å²) in [6.45, 7) is 14.2. The zero-order valence-electron chi connectivity index (χ0n) is 18.1. The van der Waals surface area contributed by atoms with Gasteiger partial charge in [0.25, 0.3) is 5.88 Å². The summed E-state index contributed by atoms with van der Waals surface area (Å²) in [6.07, 6.45) is 9.79. The minimum absolute atomic E-state index is 0.332. The molecule has 0 amide bonds. The number of carbonyl (C=O) groups excluding carboxylic acids is 1. The molecule has 0 aromatic carbocycles. The van der Waals surface area contributed by atoms with Gasteiger partial charge in [-0.15, -0.1) is 0 Å². The molecule has 0 aromatic heterocycles. The molecule has 0 atom stereocenters. The first-order chi connectivity index (χ1) is 13.6. The van der Waals surface area contributed by atoms with Gasteiger partial charge < -0.3 is 14.5 Å². The fourth-order valence-electron chi connectivity index (χ4n) is 3.72. The van der Waals surface area contributed by atoms with E-state index < -0.39 is 0 Å². The molecule has 2 fully saturated rings. The van der Waals surface area contributed by atoms with Gasteiger partial charge in [-0.2, -0.15) is 0 Å². The van der Waals surface area contributed by atoms with E-state index in [1.54, 1.807) is 0 Å². The van der Waals surface area contributed by atoms with Crippen LogP contribution in [-0.4, -0.2) is 54.2 Å². The number of hydrogen-bond acceptors (Lipinski definition) is 5. The van der Waals surface area contributed by atoms with Crippen molar-refractivity contribution in [2.75, 3.05) is 32.8 Å². The molecular weight excluding hydrogens is 350 g/mol. The Hall–Kier alpha value is -2.26. The number of nitrogens with zero attached hydrogens (tertiary/aromatic N) is 3. The molecule has 1 saturated heterocycles. The molecule has 1 heterocycles. The zero-order chi connectivity index (χ0) is 20.5. The third kappa shape index (κ3) is 5.62. The number of piperazine rings is 1. The number of allylic oxidation sites excluding steroid dienone is 5. The van der Waals surface area contributed by atoms with Crippen molar-refractivity contribution < 1.29 is 9.53 Å². The summed E-state index contributed by atoms with van der Waals surface area (Å²) in [7, 11) is 0. The van der Waals surface area contributed by atoms with Crippen LogP contribution in [0.15, 0.2) is 46.1 Å². The molecule has 0 N–H and O–H groups in total. The van der Waals surface area contributed by atoms with Gasteiger partial charge in [0.2, 0.25) is 0 Å². The highest BCUT2D eigenvalue weighted by atomic mass is 16.5. The van der Waals surface area contributed by atoms with Gasteiger partial charge >= 0.3 is 0 Å². The smallest absolute Gasteiger partial charge is 0.278 e. The lowest BCUT2D eigenvalue weighted by Gasteiger charge is -2.38. The molecule has 0 spiro atoms. The van der Waals surface area contributed by atoms with Gasteiger partial charge in [0, 0.05) is 49.4 Å². The summed E-state index contributed by atoms with van der Waals surface area (Å²) in [5.74, 6) is 2.94. The van der Waals surface area contributed by atoms with Crippen LogP contribution in [0.3, 0.4) is 0 Å². The molecule has 2 rings (SSSR count). The standard InChI is InChI=1S/C23H35N3O2/c1-6-9-12-24-18(4)23(21(7-2)20-10-11-20)19(5)25-13-15-26(16-14-25)22(17-27)28-8-3/h7,9,12,20H,6,8,10-11,13-16H2,1-5H3/b12-9+,21-7-,23-19-,24-18+. The van der Waals surface area contributed by atoms with E-state index in [1.807, 2.05) is 24.0 Å². The Morgan fingerprint density at radius 2 is 1.79 bits per heavy atom. The first-order valence-electron chi connectivity index (χ1n) is 10.5. The number of ether oxygens (including phenoxy) is 1. The van der Waals surface area contributed by atoms with Crippen LogP contribution in [0.4, 0.5) is 0 Å². The first-order valence-corrected chi connectivity index (χ1v) is 10.5. The van der Waals surface area contributed by atoms with Crippen LogP contribution in [0.1, 0.15) is 53.9 Å². The topological polar surface area (TPSA) is 45.1 Å². The maximum Gasteiger partial charge on any atom is 0.278 e. The maximum atomic E-state index is 11.2. The fraction of sp³-hybridized carbons (Fsp3) is 0.609. The van der Waals surface area contributed by atoms with E-state index in [1.165, 1.54) is 29.7 Å². The molecule has 1 aliphatic heterocycles. The highest BCUT2D eigenvalue weighted by Crippen LogP contribution is 2.41. The van der Waals surface area contributed by atoms with Crippen LogP contribution >= 0.6 is 0 Å². The second-order valence-electron chi connectivity index (χ2n) is 7.30. The van der Waals surface area contributed by atoms with Crippen molar-refractivity contribution in [3.8, 4) is 0 Å². The third-order valence-corrected chi connectivity index (χ3v) is 5.36. The van der Waals surface area contributed by atoms with Crippen molar-refractivity contribution in [3.05, 3.63) is 41.1 Å². The molecular formula is C23H35N3O2. The largest absolute Gasteiger partial charge is 0.471 e. The van der Waals surface area contributed by atoms with Crippen LogP contribution in [0, 0.1) is 5.92 Å². The van der Waals surface area contributed by atoms with Gasteiger partial charge in [0.15, 0.2) is 5.94 Å². The van der Waals surface area contributed by atoms with Gasteiger partial charge in [-0.3, -0.25) is 4.99 Å². The SMILES string of the molecule is C\C=C(C(/C(C)=N/C=C/CC)=C(/C)N1CCN(C(=C=O)OCC)CC1)\C1CC1. The molecule has 154 valence electrons. The van der Waals surface area contributed by atoms with Crippen molar-refractivity contribution in [1.29, 1.82) is 0 Å². The normalized spacial score (nSPS) is 19.6. The Balaban J connectivity index is 2.24. The van der Waals surface area contributed by atoms with Crippen LogP contribution in [0.25, 0.3) is 0 Å². The lowest BCUT2D eigenvalue weighted by atomic mass is 9.95. The van der Waals surface area contributed by atoms with Gasteiger partial charge in [-0.1, -0.05) is 19.1 Å². The summed E-state index contributed by atoms with van der Waals surface area (Å²) in [5.41, 5.74) is 5.07. The summed E-state index contributed by atoms with van der Waals surface area (Å²) >= 11 is 0. The second-order valence-corrected chi connectivity index (χ2v) is 7.30. The van der Waals surface area contributed by atoms with E-state index in [9.17, 15) is 4.79 Å². The Morgan fingerprint density at radius 3 is 2.29 bits per heavy atom. The summed E-state index contributed by atoms with van der Waals surface area (Å²) < 4.78 is 5.41. The minimum atomic E-state index is 0.332. The van der Waals surface area contributed by atoms with Crippen molar-refractivity contribution in [2.45, 2.75) is 53.9 Å². The van der Waals surface area contributed by atoms with Crippen LogP contribution < -0.4 is 0 Å². The quantitative estimate of drug-likeness (QED) is 0.256. The summed E-state index contributed by atoms with van der Waals surface area (Å²) in [4.78, 5) is 20.3. The van der Waals surface area contributed by atoms with Crippen LogP contribution in [0.5, 0.6) is 0 Å². The monoisotopic (exact) mass is 385 g/mol. The highest BCUT2D eigenvalue weighted by Gasteiger charge is 2.31. The van der Waals surface area contributed by atoms with E-state index in [2.05, 4.69) is 44.7 Å². The molecule has 2 aliphatic rings. The molecule has 5 nitrogen and oxygen atoms in total. The Bertz CT molecular complexity index is 699. The van der Waals surface area contributed by atoms with Gasteiger partial charge in [0.05, 0.1) is 6.61 Å². The van der Waals surface area contributed by atoms with E-state index >= 15 is 0 Å². The maximum absolute atomic E-state index is 11.2. The highest BCUT2D eigenvalue weighted by molar-refractivity contribution is 6.03. The molecule has 5 heteroatoms. The molecule has 0 aromatic rings. The van der Waals surface area contributed by atoms with Crippen molar-refractivity contribution in [1.82, 2.24) is 9.80 Å². The number of rotatable bonds is 9. The average Bonchev–Trinajstić information content (AvgIpc) is 3.55. The first kappa shape index (κ1) is 22.0. The van der Waals surface area contributed by atoms with Crippen molar-refractivity contribution in [2.24, 2.45) is 10.9 Å². The Morgan fingerprint density at radius 1 is 1.14 bits per heavy atom. The predicted molar refractivity (Wildman–Crippen MR) is 116 cm³/mol. The minimum Gasteiger partial charge on any atom is -0.471 e. The average molecular weight is 386 g/mol. The molecule has 0 unspecified atom stereocenters. The third-order valence-electron chi connectivity index (χ3n) is 5.36. The van der Waals surface area contributed by atoms with Gasteiger partial charge in [-0.05, 0) is 58.4 Å². The van der Waals surface area contributed by atoms with E-state index in [4.69, 9.17) is 9.73 Å². The summed E-state index contributed by atoms with van der Waals surface area (Å²) in [6, 6.07) is 0. The lowest BCUT2D eigenvalue weighted by molar-refractivity contribution is 0.0897. The molecule has 0 radical (unpaired) electrons. The molecule has 1 aliphatic carbocycles. The van der Waals surface area contributed by atoms with Gasteiger partial charge in [-0.25, -0.2) is 4.79 Å². The Labute approximate surface area is 170 Å². The van der Waals surface area contributed by atoms with E-state index in [0.717, 1.165) is 38.3 Å². The van der Waals surface area contributed by atoms with E-state index in [0.29, 0.717) is 18.4 Å². The Kier molecular flexibility index (Phi) is 8.59. The molecule has 0 bridgehead atoms. The number of hydrogen-bond donors (Lipinski definition) is 0. The zero-order valence-corrected chi connectivity index (χ0v) is 18.1. The predicted octanol–water partition coefficient (Wildman–Crippen LogP) is 4.33. The molecule has 28 heavy (non-hydrogen) atoms. The fourth-order valence-corrected chi connectivity index (χ4v) is 3.72. The lowest BCUT2D eigenvalue weighted by Crippen LogP contribution is -2.46.